The number of fused-ring (bicyclic) bond motifs is 1. The van der Waals surface area contributed by atoms with E-state index in [2.05, 4.69) is 15.4 Å². The molecule has 0 spiro atoms. The Morgan fingerprint density at radius 2 is 1.93 bits per heavy atom. The number of benzene rings is 1. The monoisotopic (exact) mass is 365 g/mol. The predicted octanol–water partition coefficient (Wildman–Crippen LogP) is 4.59. The number of pyridine rings is 1. The maximum atomic E-state index is 13.9. The van der Waals surface area contributed by atoms with Crippen LogP contribution < -0.4 is 5.32 Å². The summed E-state index contributed by atoms with van der Waals surface area (Å²) in [5.41, 5.74) is 2.66. The molecule has 1 aromatic heterocycles. The summed E-state index contributed by atoms with van der Waals surface area (Å²) in [6.07, 6.45) is 10.1. The van der Waals surface area contributed by atoms with E-state index < -0.39 is 27.9 Å². The third kappa shape index (κ3) is 2.78. The SMILES string of the molecule is CC1=C[N+]2(C(=O)Nc3c(F)cccc3F)N=CC=C2C=C1c1cccnc1. The first-order chi connectivity index (χ1) is 13.0. The largest absolute Gasteiger partial charge is 0.457 e. The molecule has 4 rings (SSSR count). The lowest BCUT2D eigenvalue weighted by Gasteiger charge is -2.27. The van der Waals surface area contributed by atoms with Crippen LogP contribution in [0.15, 0.2) is 77.4 Å². The fourth-order valence-electron chi connectivity index (χ4n) is 3.13. The summed E-state index contributed by atoms with van der Waals surface area (Å²) in [5.74, 6) is -1.70. The van der Waals surface area contributed by atoms with Crippen LogP contribution in [-0.4, -0.2) is 21.8 Å². The predicted molar refractivity (Wildman–Crippen MR) is 98.2 cm³/mol. The number of carbonyl (C=O) groups is 1. The molecule has 0 radical (unpaired) electrons. The lowest BCUT2D eigenvalue weighted by molar-refractivity contribution is -0.755. The van der Waals surface area contributed by atoms with E-state index in [9.17, 15) is 13.6 Å². The van der Waals surface area contributed by atoms with E-state index in [-0.39, 0.29) is 0 Å². The molecule has 7 heteroatoms. The number of allylic oxidation sites excluding steroid dienone is 4. The van der Waals surface area contributed by atoms with Crippen molar-refractivity contribution in [2.75, 3.05) is 5.32 Å². The molecule has 1 atom stereocenters. The molecule has 134 valence electrons. The van der Waals surface area contributed by atoms with Crippen molar-refractivity contribution in [3.8, 4) is 0 Å². The van der Waals surface area contributed by atoms with Gasteiger partial charge in [0.2, 0.25) is 0 Å². The Bertz CT molecular complexity index is 1040. The van der Waals surface area contributed by atoms with Crippen molar-refractivity contribution in [1.82, 2.24) is 4.98 Å². The van der Waals surface area contributed by atoms with Crippen molar-refractivity contribution in [2.45, 2.75) is 6.92 Å². The lowest BCUT2D eigenvalue weighted by atomic mass is 9.97. The molecule has 2 aliphatic rings. The van der Waals surface area contributed by atoms with Gasteiger partial charge in [0.25, 0.3) is 0 Å². The highest BCUT2D eigenvalue weighted by molar-refractivity contribution is 5.91. The van der Waals surface area contributed by atoms with E-state index in [1.165, 1.54) is 12.3 Å². The van der Waals surface area contributed by atoms with Crippen molar-refractivity contribution >= 4 is 23.5 Å². The third-order valence-electron chi connectivity index (χ3n) is 4.46. The zero-order valence-corrected chi connectivity index (χ0v) is 14.4. The summed E-state index contributed by atoms with van der Waals surface area (Å²) in [5, 5.41) is 6.58. The van der Waals surface area contributed by atoms with Crippen LogP contribution in [0.3, 0.4) is 0 Å². The van der Waals surface area contributed by atoms with Gasteiger partial charge in [-0.3, -0.25) is 10.3 Å². The number of halogens is 2. The van der Waals surface area contributed by atoms with E-state index in [1.807, 2.05) is 25.1 Å². The van der Waals surface area contributed by atoms with Gasteiger partial charge in [0.05, 0.1) is 6.21 Å². The molecular formula is C20H15F2N4O+. The first-order valence-electron chi connectivity index (χ1n) is 8.24. The molecule has 0 aliphatic carbocycles. The smallest absolute Gasteiger partial charge is 0.267 e. The Balaban J connectivity index is 1.71. The Morgan fingerprint density at radius 3 is 2.63 bits per heavy atom. The van der Waals surface area contributed by atoms with Crippen molar-refractivity contribution < 1.29 is 18.2 Å². The van der Waals surface area contributed by atoms with Gasteiger partial charge >= 0.3 is 6.03 Å². The molecule has 1 N–H and O–H groups in total. The second kappa shape index (κ2) is 6.37. The second-order valence-corrected chi connectivity index (χ2v) is 6.18. The standard InChI is InChI=1S/C20H14F2N4O/c1-13-12-26(20(27)25-19-17(21)5-2-6-18(19)22)15(7-9-24-26)10-16(13)14-4-3-8-23-11-14/h2-12H,1H3/p+1. The zero-order chi connectivity index (χ0) is 19.0. The molecule has 0 fully saturated rings. The fourth-order valence-corrected chi connectivity index (χ4v) is 3.13. The summed E-state index contributed by atoms with van der Waals surface area (Å²) in [4.78, 5) is 17.1. The van der Waals surface area contributed by atoms with E-state index in [1.54, 1.807) is 24.7 Å². The van der Waals surface area contributed by atoms with Gasteiger partial charge in [-0.05, 0) is 30.7 Å². The van der Waals surface area contributed by atoms with Crippen LogP contribution in [0.2, 0.25) is 0 Å². The third-order valence-corrected chi connectivity index (χ3v) is 4.46. The molecule has 1 aromatic carbocycles. The molecule has 0 saturated carbocycles. The summed E-state index contributed by atoms with van der Waals surface area (Å²) >= 11 is 0. The van der Waals surface area contributed by atoms with Gasteiger partial charge in [0.1, 0.15) is 23.5 Å². The highest BCUT2D eigenvalue weighted by atomic mass is 19.1. The number of urea groups is 1. The zero-order valence-electron chi connectivity index (χ0n) is 14.4. The average Bonchev–Trinajstić information content (AvgIpc) is 3.08. The van der Waals surface area contributed by atoms with Crippen molar-refractivity contribution in [1.29, 1.82) is 0 Å². The number of nitrogens with zero attached hydrogens (tertiary/aromatic N) is 3. The molecule has 2 aliphatic heterocycles. The summed E-state index contributed by atoms with van der Waals surface area (Å²) in [6, 6.07) is 6.47. The molecular weight excluding hydrogens is 350 g/mol. The highest BCUT2D eigenvalue weighted by Gasteiger charge is 2.45. The van der Waals surface area contributed by atoms with Crippen LogP contribution in [-0.2, 0) is 0 Å². The maximum Gasteiger partial charge on any atom is 0.457 e. The topological polar surface area (TPSA) is 54.4 Å². The Morgan fingerprint density at radius 1 is 1.15 bits per heavy atom. The number of hydrogen-bond acceptors (Lipinski definition) is 3. The number of nitrogens with one attached hydrogen (secondary N) is 1. The number of carbonyl (C=O) groups excluding carboxylic acids is 1. The molecule has 3 heterocycles. The van der Waals surface area contributed by atoms with Crippen LogP contribution in [0.1, 0.15) is 12.5 Å². The number of hydrogen-bond donors (Lipinski definition) is 1. The number of quaternary nitrogens is 1. The van der Waals surface area contributed by atoms with Gasteiger partial charge in [0.15, 0.2) is 5.70 Å². The minimum atomic E-state index is -0.848. The molecule has 1 unspecified atom stereocenters. The molecule has 27 heavy (non-hydrogen) atoms. The normalized spacial score (nSPS) is 20.5. The highest BCUT2D eigenvalue weighted by Crippen LogP contribution is 2.38. The number of rotatable bonds is 2. The molecule has 5 nitrogen and oxygen atoms in total. The quantitative estimate of drug-likeness (QED) is 0.791. The Labute approximate surface area is 154 Å². The van der Waals surface area contributed by atoms with Crippen molar-refractivity contribution in [3.05, 3.63) is 89.5 Å². The van der Waals surface area contributed by atoms with Crippen molar-refractivity contribution in [2.24, 2.45) is 5.10 Å². The van der Waals surface area contributed by atoms with Gasteiger partial charge in [-0.2, -0.15) is 0 Å². The lowest BCUT2D eigenvalue weighted by Crippen LogP contribution is -2.45. The Hall–Kier alpha value is -3.45. The van der Waals surface area contributed by atoms with Crippen LogP contribution in [0.4, 0.5) is 19.3 Å². The van der Waals surface area contributed by atoms with Gasteiger partial charge in [-0.25, -0.2) is 13.6 Å². The first-order valence-corrected chi connectivity index (χ1v) is 8.24. The minimum absolute atomic E-state index is 0.496. The van der Waals surface area contributed by atoms with Gasteiger partial charge in [-0.1, -0.05) is 21.8 Å². The molecule has 2 aromatic rings. The van der Waals surface area contributed by atoms with Crippen LogP contribution >= 0.6 is 0 Å². The van der Waals surface area contributed by atoms with Gasteiger partial charge in [-0.15, -0.1) is 0 Å². The van der Waals surface area contributed by atoms with E-state index in [0.717, 1.165) is 28.8 Å². The first kappa shape index (κ1) is 17.0. The van der Waals surface area contributed by atoms with E-state index in [4.69, 9.17) is 0 Å². The van der Waals surface area contributed by atoms with Gasteiger partial charge in [0, 0.05) is 35.7 Å². The second-order valence-electron chi connectivity index (χ2n) is 6.18. The number of amides is 2. The van der Waals surface area contributed by atoms with E-state index in [0.29, 0.717) is 5.70 Å². The maximum absolute atomic E-state index is 13.9. The fraction of sp³-hybridized carbons (Fsp3) is 0.0500. The van der Waals surface area contributed by atoms with Crippen LogP contribution in [0, 0.1) is 11.6 Å². The number of para-hydroxylation sites is 1. The number of anilines is 1. The molecule has 2 amide bonds. The summed E-state index contributed by atoms with van der Waals surface area (Å²) < 4.78 is 27.3. The van der Waals surface area contributed by atoms with Crippen molar-refractivity contribution in [3.63, 3.8) is 0 Å². The Kier molecular flexibility index (Phi) is 4.01. The number of aromatic nitrogens is 1. The van der Waals surface area contributed by atoms with Crippen LogP contribution in [0.25, 0.3) is 5.57 Å². The molecule has 0 bridgehead atoms. The van der Waals surface area contributed by atoms with Gasteiger partial charge < -0.3 is 0 Å². The molecule has 0 saturated heterocycles. The van der Waals surface area contributed by atoms with Crippen LogP contribution in [0.5, 0.6) is 0 Å². The summed E-state index contributed by atoms with van der Waals surface area (Å²) in [6.45, 7) is 1.85. The van der Waals surface area contributed by atoms with E-state index >= 15 is 0 Å². The minimum Gasteiger partial charge on any atom is -0.267 e. The average molecular weight is 365 g/mol. The summed E-state index contributed by atoms with van der Waals surface area (Å²) in [7, 11) is 0.